The molecule has 0 aromatic carbocycles. The van der Waals surface area contributed by atoms with Crippen molar-refractivity contribution in [2.75, 3.05) is 5.32 Å². The molecule has 32 heavy (non-hydrogen) atoms. The highest BCUT2D eigenvalue weighted by atomic mass is 35.5. The van der Waals surface area contributed by atoms with Crippen LogP contribution in [0, 0.1) is 26.7 Å². The van der Waals surface area contributed by atoms with E-state index in [1.54, 1.807) is 18.7 Å². The molecule has 1 N–H and O–H groups in total. The van der Waals surface area contributed by atoms with E-state index in [0.29, 0.717) is 17.4 Å². The summed E-state index contributed by atoms with van der Waals surface area (Å²) in [5.74, 6) is 2.50. The van der Waals surface area contributed by atoms with Gasteiger partial charge >= 0.3 is 0 Å². The highest BCUT2D eigenvalue weighted by molar-refractivity contribution is 6.32. The first kappa shape index (κ1) is 20.9. The van der Waals surface area contributed by atoms with E-state index >= 15 is 0 Å². The molecule has 1 atom stereocenters. The SMILES string of the molecule is Cc1nn(C2=NC=NC(C)(Nc3c(C)c(-c4ccncc4)nn3CC3CC3)C2)c(C)c1Cl. The standard InChI is InChI=1S/C23H27ClN8/c1-14-21(18-7-9-25-10-8-18)30-31(12-17-5-6-17)22(14)28-23(4)11-19(26-13-27-23)32-16(3)20(24)15(2)29-32/h7-10,13,17,28H,5-6,11-12H2,1-4H3. The zero-order valence-corrected chi connectivity index (χ0v) is 19.6. The molecular weight excluding hydrogens is 424 g/mol. The third kappa shape index (κ3) is 3.83. The van der Waals surface area contributed by atoms with Gasteiger partial charge in [-0.1, -0.05) is 11.6 Å². The average molecular weight is 451 g/mol. The third-order valence-corrected chi connectivity index (χ3v) is 6.70. The van der Waals surface area contributed by atoms with Crippen molar-refractivity contribution in [3.63, 3.8) is 0 Å². The molecule has 1 fully saturated rings. The van der Waals surface area contributed by atoms with Gasteiger partial charge in [-0.2, -0.15) is 10.2 Å². The van der Waals surface area contributed by atoms with E-state index in [4.69, 9.17) is 21.7 Å². The second-order valence-corrected chi connectivity index (χ2v) is 9.32. The fraction of sp³-hybridized carbons (Fsp3) is 0.435. The summed E-state index contributed by atoms with van der Waals surface area (Å²) in [6.45, 7) is 8.95. The number of hydrogen-bond donors (Lipinski definition) is 1. The molecule has 9 heteroatoms. The summed E-state index contributed by atoms with van der Waals surface area (Å²) in [4.78, 5) is 13.4. The predicted molar refractivity (Wildman–Crippen MR) is 128 cm³/mol. The Morgan fingerprint density at radius 2 is 1.91 bits per heavy atom. The smallest absolute Gasteiger partial charge is 0.136 e. The fourth-order valence-corrected chi connectivity index (χ4v) is 4.25. The van der Waals surface area contributed by atoms with Crippen LogP contribution in [0.15, 0.2) is 34.5 Å². The molecule has 5 rings (SSSR count). The molecule has 3 aromatic heterocycles. The van der Waals surface area contributed by atoms with Crippen LogP contribution in [0.3, 0.4) is 0 Å². The first-order valence-corrected chi connectivity index (χ1v) is 11.3. The number of aromatic nitrogens is 5. The number of hydrogen-bond acceptors (Lipinski definition) is 6. The molecule has 8 nitrogen and oxygen atoms in total. The van der Waals surface area contributed by atoms with Crippen LogP contribution >= 0.6 is 11.6 Å². The van der Waals surface area contributed by atoms with Crippen LogP contribution in [0.1, 0.15) is 43.1 Å². The van der Waals surface area contributed by atoms with E-state index in [1.807, 2.05) is 30.7 Å². The van der Waals surface area contributed by atoms with Gasteiger partial charge in [-0.05, 0) is 58.6 Å². The van der Waals surface area contributed by atoms with Crippen LogP contribution in [-0.4, -0.2) is 42.4 Å². The van der Waals surface area contributed by atoms with Crippen molar-refractivity contribution in [2.24, 2.45) is 15.9 Å². The van der Waals surface area contributed by atoms with E-state index in [0.717, 1.165) is 46.4 Å². The van der Waals surface area contributed by atoms with E-state index in [9.17, 15) is 0 Å². The maximum Gasteiger partial charge on any atom is 0.136 e. The van der Waals surface area contributed by atoms with Gasteiger partial charge in [0.1, 0.15) is 23.7 Å². The van der Waals surface area contributed by atoms with Crippen molar-refractivity contribution in [3.05, 3.63) is 46.5 Å². The Balaban J connectivity index is 1.47. The minimum atomic E-state index is -0.586. The third-order valence-electron chi connectivity index (χ3n) is 6.16. The van der Waals surface area contributed by atoms with Crippen LogP contribution in [0.25, 0.3) is 11.3 Å². The Kier molecular flexibility index (Phi) is 5.12. The predicted octanol–water partition coefficient (Wildman–Crippen LogP) is 4.64. The molecule has 3 aromatic rings. The zero-order chi connectivity index (χ0) is 22.5. The molecule has 0 spiro atoms. The normalized spacial score (nSPS) is 20.5. The molecule has 4 heterocycles. The summed E-state index contributed by atoms with van der Waals surface area (Å²) in [6.07, 6.45) is 8.30. The van der Waals surface area contributed by atoms with Gasteiger partial charge in [0, 0.05) is 30.1 Å². The molecular formula is C23H27ClN8. The summed E-state index contributed by atoms with van der Waals surface area (Å²) in [5, 5.41) is 13.9. The number of aryl methyl sites for hydroxylation is 1. The minimum absolute atomic E-state index is 0.570. The molecule has 1 aliphatic heterocycles. The molecule has 0 radical (unpaired) electrons. The highest BCUT2D eigenvalue weighted by Crippen LogP contribution is 2.36. The van der Waals surface area contributed by atoms with Gasteiger partial charge in [0.2, 0.25) is 0 Å². The maximum absolute atomic E-state index is 6.37. The van der Waals surface area contributed by atoms with Gasteiger partial charge in [0.25, 0.3) is 0 Å². The van der Waals surface area contributed by atoms with Crippen LogP contribution < -0.4 is 5.32 Å². The van der Waals surface area contributed by atoms with Crippen molar-refractivity contribution in [2.45, 2.75) is 59.2 Å². The molecule has 1 aliphatic carbocycles. The summed E-state index contributed by atoms with van der Waals surface area (Å²) >= 11 is 6.37. The van der Waals surface area contributed by atoms with Crippen molar-refractivity contribution < 1.29 is 0 Å². The van der Waals surface area contributed by atoms with Gasteiger partial charge in [-0.15, -0.1) is 0 Å². The average Bonchev–Trinajstić information content (AvgIpc) is 3.51. The fourth-order valence-electron chi connectivity index (χ4n) is 4.13. The Morgan fingerprint density at radius 3 is 2.56 bits per heavy atom. The Labute approximate surface area is 192 Å². The minimum Gasteiger partial charge on any atom is -0.346 e. The monoisotopic (exact) mass is 450 g/mol. The van der Waals surface area contributed by atoms with Gasteiger partial charge in [-0.25, -0.2) is 19.3 Å². The molecule has 1 saturated carbocycles. The summed E-state index contributed by atoms with van der Waals surface area (Å²) < 4.78 is 3.93. The molecule has 2 aliphatic rings. The van der Waals surface area contributed by atoms with Crippen molar-refractivity contribution >= 4 is 29.6 Å². The Bertz CT molecular complexity index is 1220. The van der Waals surface area contributed by atoms with Gasteiger partial charge in [0.15, 0.2) is 0 Å². The van der Waals surface area contributed by atoms with Gasteiger partial charge in [-0.3, -0.25) is 4.98 Å². The molecule has 166 valence electrons. The second kappa shape index (κ2) is 7.85. The first-order chi connectivity index (χ1) is 15.3. The Hall–Kier alpha value is -3.00. The van der Waals surface area contributed by atoms with Crippen LogP contribution in [0.2, 0.25) is 5.02 Å². The molecule has 0 bridgehead atoms. The lowest BCUT2D eigenvalue weighted by Crippen LogP contribution is -2.40. The number of aliphatic imine (C=N–C) groups is 2. The second-order valence-electron chi connectivity index (χ2n) is 8.95. The van der Waals surface area contributed by atoms with Crippen LogP contribution in [0.5, 0.6) is 0 Å². The quantitative estimate of drug-likeness (QED) is 0.613. The first-order valence-electron chi connectivity index (χ1n) is 10.9. The summed E-state index contributed by atoms with van der Waals surface area (Å²) in [6, 6.07) is 4.00. The van der Waals surface area contributed by atoms with Crippen molar-refractivity contribution in [1.29, 1.82) is 0 Å². The van der Waals surface area contributed by atoms with Crippen molar-refractivity contribution in [3.8, 4) is 11.3 Å². The van der Waals surface area contributed by atoms with Gasteiger partial charge in [0.05, 0.1) is 28.5 Å². The van der Waals surface area contributed by atoms with Crippen LogP contribution in [0.4, 0.5) is 5.82 Å². The number of pyridine rings is 1. The van der Waals surface area contributed by atoms with E-state index in [-0.39, 0.29) is 0 Å². The molecule has 1 unspecified atom stereocenters. The Morgan fingerprint density at radius 1 is 1.16 bits per heavy atom. The zero-order valence-electron chi connectivity index (χ0n) is 18.8. The van der Waals surface area contributed by atoms with E-state index in [1.165, 1.54) is 12.8 Å². The topological polar surface area (TPSA) is 85.3 Å². The highest BCUT2D eigenvalue weighted by Gasteiger charge is 2.33. The largest absolute Gasteiger partial charge is 0.346 e. The van der Waals surface area contributed by atoms with Gasteiger partial charge < -0.3 is 5.32 Å². The molecule has 0 saturated heterocycles. The van der Waals surface area contributed by atoms with Crippen molar-refractivity contribution in [1.82, 2.24) is 24.5 Å². The number of nitrogens with one attached hydrogen (secondary N) is 1. The summed E-state index contributed by atoms with van der Waals surface area (Å²) in [5.41, 5.74) is 4.23. The van der Waals surface area contributed by atoms with E-state index < -0.39 is 5.66 Å². The lowest BCUT2D eigenvalue weighted by atomic mass is 10.1. The lowest BCUT2D eigenvalue weighted by Gasteiger charge is -2.30. The lowest BCUT2D eigenvalue weighted by molar-refractivity contribution is 0.518. The number of nitrogens with zero attached hydrogens (tertiary/aromatic N) is 7. The molecule has 0 amide bonds. The number of rotatable bonds is 5. The number of halogens is 1. The number of anilines is 1. The summed E-state index contributed by atoms with van der Waals surface area (Å²) in [7, 11) is 0. The maximum atomic E-state index is 6.37. The van der Waals surface area contributed by atoms with E-state index in [2.05, 4.69) is 38.9 Å². The van der Waals surface area contributed by atoms with Crippen LogP contribution in [-0.2, 0) is 6.54 Å².